The zero-order chi connectivity index (χ0) is 17.2. The molecule has 0 atom stereocenters. The summed E-state index contributed by atoms with van der Waals surface area (Å²) in [5.74, 6) is 0. The predicted molar refractivity (Wildman–Crippen MR) is 90.5 cm³/mol. The Balaban J connectivity index is 1.75. The number of sulfonamides is 2. The van der Waals surface area contributed by atoms with Crippen molar-refractivity contribution in [1.82, 2.24) is 14.8 Å². The first kappa shape index (κ1) is 17.6. The molecule has 1 aromatic rings. The maximum Gasteiger partial charge on any atom is 0.240 e. The van der Waals surface area contributed by atoms with Crippen LogP contribution in [0.3, 0.4) is 0 Å². The molecule has 1 aliphatic carbocycles. The Bertz CT molecular complexity index is 843. The van der Waals surface area contributed by atoms with Gasteiger partial charge in [-0.25, -0.2) is 26.3 Å². The van der Waals surface area contributed by atoms with Gasteiger partial charge >= 0.3 is 0 Å². The highest BCUT2D eigenvalue weighted by molar-refractivity contribution is 7.90. The first-order chi connectivity index (χ1) is 11.4. The van der Waals surface area contributed by atoms with Gasteiger partial charge in [0.2, 0.25) is 20.0 Å². The highest BCUT2D eigenvalue weighted by Crippen LogP contribution is 2.23. The molecule has 2 aliphatic rings. The molecule has 1 saturated carbocycles. The summed E-state index contributed by atoms with van der Waals surface area (Å²) in [4.78, 5) is -0.0749. The third kappa shape index (κ3) is 4.42. The Morgan fingerprint density at radius 1 is 1.08 bits per heavy atom. The highest BCUT2D eigenvalue weighted by atomic mass is 32.2. The average molecular weight is 371 g/mol. The van der Waals surface area contributed by atoms with Gasteiger partial charge in [-0.3, -0.25) is 0 Å². The second-order valence-corrected chi connectivity index (χ2v) is 9.49. The number of hydrogen-bond donors (Lipinski definition) is 3. The molecule has 0 radical (unpaired) electrons. The molecular weight excluding hydrogens is 350 g/mol. The summed E-state index contributed by atoms with van der Waals surface area (Å²) >= 11 is 0. The lowest BCUT2D eigenvalue weighted by atomic mass is 10.1. The minimum Gasteiger partial charge on any atom is -0.313 e. The van der Waals surface area contributed by atoms with E-state index in [4.69, 9.17) is 0 Å². The molecule has 0 saturated heterocycles. The Kier molecular flexibility index (Phi) is 5.07. The van der Waals surface area contributed by atoms with Gasteiger partial charge in [-0.05, 0) is 44.0 Å². The van der Waals surface area contributed by atoms with Crippen LogP contribution in [0.15, 0.2) is 45.7 Å². The second-order valence-electron chi connectivity index (χ2n) is 6.01. The number of benzene rings is 1. The molecule has 0 amide bonds. The van der Waals surface area contributed by atoms with Crippen LogP contribution in [0.5, 0.6) is 0 Å². The molecule has 132 valence electrons. The van der Waals surface area contributed by atoms with Crippen LogP contribution < -0.4 is 14.8 Å². The zero-order valence-electron chi connectivity index (χ0n) is 13.2. The van der Waals surface area contributed by atoms with Gasteiger partial charge in [0, 0.05) is 19.1 Å². The number of hydrogen-bond acceptors (Lipinski definition) is 5. The summed E-state index contributed by atoms with van der Waals surface area (Å²) in [7, 11) is -7.44. The van der Waals surface area contributed by atoms with Gasteiger partial charge in [-0.1, -0.05) is 17.7 Å². The minimum absolute atomic E-state index is 0.0276. The molecule has 3 rings (SSSR count). The van der Waals surface area contributed by atoms with Crippen LogP contribution in [0.1, 0.15) is 19.3 Å². The summed E-state index contributed by atoms with van der Waals surface area (Å²) in [5, 5.41) is 3.16. The van der Waals surface area contributed by atoms with E-state index in [0.29, 0.717) is 0 Å². The minimum atomic E-state index is -3.76. The molecule has 7 nitrogen and oxygen atoms in total. The fourth-order valence-corrected chi connectivity index (χ4v) is 4.91. The van der Waals surface area contributed by atoms with Crippen LogP contribution in [0, 0.1) is 0 Å². The normalized spacial score (nSPS) is 19.1. The van der Waals surface area contributed by atoms with Crippen molar-refractivity contribution in [2.75, 3.05) is 19.6 Å². The van der Waals surface area contributed by atoms with Gasteiger partial charge in [0.15, 0.2) is 0 Å². The van der Waals surface area contributed by atoms with Crippen LogP contribution in [0.4, 0.5) is 0 Å². The quantitative estimate of drug-likeness (QED) is 0.599. The van der Waals surface area contributed by atoms with E-state index in [1.54, 1.807) is 0 Å². The second kappa shape index (κ2) is 6.93. The molecule has 0 unspecified atom stereocenters. The molecular formula is C15H21N3O4S2. The SMILES string of the molecule is O=S(=O)(NCC1=CCNCC1)c1cccc(S(=O)(=O)NC2CC2)c1. The van der Waals surface area contributed by atoms with Crippen molar-refractivity contribution in [3.8, 4) is 0 Å². The molecule has 0 aromatic heterocycles. The maximum absolute atomic E-state index is 12.4. The van der Waals surface area contributed by atoms with Crippen molar-refractivity contribution in [3.05, 3.63) is 35.9 Å². The largest absolute Gasteiger partial charge is 0.313 e. The fourth-order valence-electron chi connectivity index (χ4n) is 2.40. The molecule has 1 aromatic carbocycles. The molecule has 0 bridgehead atoms. The molecule has 24 heavy (non-hydrogen) atoms. The summed E-state index contributed by atoms with van der Waals surface area (Å²) in [6.07, 6.45) is 4.40. The standard InChI is InChI=1S/C15H21N3O4S2/c19-23(20,17-11-12-6-8-16-9-7-12)14-2-1-3-15(10-14)24(21,22)18-13-4-5-13/h1-3,6,10,13,16-18H,4-5,7-9,11H2. The van der Waals surface area contributed by atoms with Crippen LogP contribution in [-0.4, -0.2) is 42.5 Å². The summed E-state index contributed by atoms with van der Waals surface area (Å²) < 4.78 is 54.4. The fraction of sp³-hybridized carbons (Fsp3) is 0.467. The van der Waals surface area contributed by atoms with E-state index in [1.165, 1.54) is 24.3 Å². The van der Waals surface area contributed by atoms with Crippen LogP contribution in [0.2, 0.25) is 0 Å². The third-order valence-electron chi connectivity index (χ3n) is 3.97. The Hall–Kier alpha value is -1.26. The summed E-state index contributed by atoms with van der Waals surface area (Å²) in [6, 6.07) is 5.41. The van der Waals surface area contributed by atoms with E-state index in [-0.39, 0.29) is 22.4 Å². The zero-order valence-corrected chi connectivity index (χ0v) is 14.8. The van der Waals surface area contributed by atoms with Gasteiger partial charge in [-0.2, -0.15) is 0 Å². The third-order valence-corrected chi connectivity index (χ3v) is 6.89. The van der Waals surface area contributed by atoms with E-state index in [1.807, 2.05) is 6.08 Å². The first-order valence-corrected chi connectivity index (χ1v) is 10.8. The Labute approximate surface area is 142 Å². The van der Waals surface area contributed by atoms with E-state index in [9.17, 15) is 16.8 Å². The summed E-state index contributed by atoms with van der Waals surface area (Å²) in [5.41, 5.74) is 1.02. The molecule has 3 N–H and O–H groups in total. The van der Waals surface area contributed by atoms with Crippen molar-refractivity contribution in [2.24, 2.45) is 0 Å². The van der Waals surface area contributed by atoms with Crippen LogP contribution in [0.25, 0.3) is 0 Å². The van der Waals surface area contributed by atoms with E-state index in [2.05, 4.69) is 14.8 Å². The Morgan fingerprint density at radius 2 is 1.79 bits per heavy atom. The van der Waals surface area contributed by atoms with Gasteiger partial charge in [0.25, 0.3) is 0 Å². The lowest BCUT2D eigenvalue weighted by Crippen LogP contribution is -2.30. The Morgan fingerprint density at radius 3 is 2.42 bits per heavy atom. The number of nitrogens with one attached hydrogen (secondary N) is 3. The van der Waals surface area contributed by atoms with Gasteiger partial charge < -0.3 is 5.32 Å². The van der Waals surface area contributed by atoms with Crippen LogP contribution in [-0.2, 0) is 20.0 Å². The van der Waals surface area contributed by atoms with Crippen LogP contribution >= 0.6 is 0 Å². The monoisotopic (exact) mass is 371 g/mol. The molecule has 1 fully saturated rings. The lowest BCUT2D eigenvalue weighted by molar-refractivity contribution is 0.579. The summed E-state index contributed by atoms with van der Waals surface area (Å²) in [6.45, 7) is 1.80. The number of rotatable bonds is 7. The van der Waals surface area contributed by atoms with Gasteiger partial charge in [0.1, 0.15) is 0 Å². The van der Waals surface area contributed by atoms with Crippen molar-refractivity contribution >= 4 is 20.0 Å². The van der Waals surface area contributed by atoms with Crippen molar-refractivity contribution in [3.63, 3.8) is 0 Å². The van der Waals surface area contributed by atoms with Crippen molar-refractivity contribution < 1.29 is 16.8 Å². The average Bonchev–Trinajstić information content (AvgIpc) is 3.37. The first-order valence-electron chi connectivity index (χ1n) is 7.87. The van der Waals surface area contributed by atoms with Crippen molar-refractivity contribution in [1.29, 1.82) is 0 Å². The van der Waals surface area contributed by atoms with Crippen molar-refractivity contribution in [2.45, 2.75) is 35.1 Å². The highest BCUT2D eigenvalue weighted by Gasteiger charge is 2.28. The maximum atomic E-state index is 12.4. The van der Waals surface area contributed by atoms with E-state index in [0.717, 1.165) is 37.9 Å². The smallest absolute Gasteiger partial charge is 0.240 e. The molecule has 0 spiro atoms. The van der Waals surface area contributed by atoms with Gasteiger partial charge in [0.05, 0.1) is 9.79 Å². The predicted octanol–water partition coefficient (Wildman–Crippen LogP) is 0.325. The van der Waals surface area contributed by atoms with E-state index < -0.39 is 20.0 Å². The molecule has 1 aliphatic heterocycles. The topological polar surface area (TPSA) is 104 Å². The van der Waals surface area contributed by atoms with Gasteiger partial charge in [-0.15, -0.1) is 0 Å². The van der Waals surface area contributed by atoms with E-state index >= 15 is 0 Å². The molecule has 1 heterocycles. The molecule has 9 heteroatoms. The lowest BCUT2D eigenvalue weighted by Gasteiger charge is -2.15.